The van der Waals surface area contributed by atoms with Crippen LogP contribution in [0.4, 0.5) is 0 Å². The van der Waals surface area contributed by atoms with Gasteiger partial charge in [0.1, 0.15) is 10.5 Å². The van der Waals surface area contributed by atoms with Crippen LogP contribution in [0.1, 0.15) is 24.4 Å². The fourth-order valence-corrected chi connectivity index (χ4v) is 4.80. The maximum atomic E-state index is 13.1. The molecule has 1 amide bonds. The van der Waals surface area contributed by atoms with Gasteiger partial charge >= 0.3 is 0 Å². The van der Waals surface area contributed by atoms with Gasteiger partial charge in [0.15, 0.2) is 0 Å². The van der Waals surface area contributed by atoms with Crippen molar-refractivity contribution in [3.8, 4) is 0 Å². The fraction of sp³-hybridized carbons (Fsp3) is 0.263. The van der Waals surface area contributed by atoms with Crippen LogP contribution in [0.3, 0.4) is 0 Å². The van der Waals surface area contributed by atoms with E-state index in [1.807, 2.05) is 30.3 Å². The molecule has 4 rings (SSSR count). The molecule has 0 bridgehead atoms. The molecule has 0 spiro atoms. The number of sulfonamides is 1. The summed E-state index contributed by atoms with van der Waals surface area (Å²) in [5, 5.41) is 0.536. The van der Waals surface area contributed by atoms with Crippen molar-refractivity contribution in [1.82, 2.24) is 19.6 Å². The first-order chi connectivity index (χ1) is 13.0. The lowest BCUT2D eigenvalue weighted by molar-refractivity contribution is -0.127. The average Bonchev–Trinajstić information content (AvgIpc) is 3.28. The Morgan fingerprint density at radius 1 is 1.19 bits per heavy atom. The number of hydrogen-bond donors (Lipinski definition) is 2. The molecule has 0 saturated carbocycles. The Balaban J connectivity index is 1.67. The third-order valence-electron chi connectivity index (χ3n) is 4.78. The second-order valence-electron chi connectivity index (χ2n) is 6.58. The molecule has 0 radical (unpaired) electrons. The van der Waals surface area contributed by atoms with E-state index in [0.717, 1.165) is 12.0 Å². The van der Waals surface area contributed by atoms with Crippen LogP contribution >= 0.6 is 0 Å². The summed E-state index contributed by atoms with van der Waals surface area (Å²) in [6.45, 7) is 0.962. The molecular formula is C19H20N4O3S. The Hall–Kier alpha value is -2.71. The minimum atomic E-state index is -3.81. The number of carbonyl (C=O) groups excluding carboxylic acids is 1. The number of amides is 1. The Morgan fingerprint density at radius 3 is 2.74 bits per heavy atom. The van der Waals surface area contributed by atoms with Crippen molar-refractivity contribution in [2.24, 2.45) is 0 Å². The molecule has 1 aromatic carbocycles. The smallest absolute Gasteiger partial charge is 0.243 e. The topological polar surface area (TPSA) is 95.2 Å². The number of rotatable bonds is 6. The van der Waals surface area contributed by atoms with E-state index in [9.17, 15) is 13.2 Å². The van der Waals surface area contributed by atoms with Crippen LogP contribution in [0, 0.1) is 0 Å². The fourth-order valence-electron chi connectivity index (χ4n) is 3.42. The molecule has 1 unspecified atom stereocenters. The Morgan fingerprint density at radius 2 is 2.00 bits per heavy atom. The average molecular weight is 384 g/mol. The van der Waals surface area contributed by atoms with Crippen LogP contribution in [0.2, 0.25) is 0 Å². The summed E-state index contributed by atoms with van der Waals surface area (Å²) < 4.78 is 29.0. The first kappa shape index (κ1) is 17.7. The summed E-state index contributed by atoms with van der Waals surface area (Å²) in [6.07, 6.45) is 4.38. The minimum Gasteiger partial charge on any atom is -0.345 e. The SMILES string of the molecule is O=C1CCCN1CC(NS(=O)(=O)c1c[nH]c2ncccc12)c1ccccc1. The second kappa shape index (κ2) is 7.13. The number of pyridine rings is 1. The van der Waals surface area contributed by atoms with Gasteiger partial charge in [-0.1, -0.05) is 30.3 Å². The van der Waals surface area contributed by atoms with Gasteiger partial charge in [0.2, 0.25) is 15.9 Å². The molecule has 1 aliphatic heterocycles. The van der Waals surface area contributed by atoms with E-state index in [4.69, 9.17) is 0 Å². The van der Waals surface area contributed by atoms with E-state index in [1.54, 1.807) is 23.2 Å². The number of aromatic amines is 1. The van der Waals surface area contributed by atoms with Gasteiger partial charge in [-0.05, 0) is 24.1 Å². The minimum absolute atomic E-state index is 0.0615. The highest BCUT2D eigenvalue weighted by molar-refractivity contribution is 7.89. The molecule has 1 aliphatic rings. The largest absolute Gasteiger partial charge is 0.345 e. The molecule has 0 aliphatic carbocycles. The van der Waals surface area contributed by atoms with Gasteiger partial charge < -0.3 is 9.88 Å². The van der Waals surface area contributed by atoms with E-state index in [0.29, 0.717) is 30.5 Å². The molecular weight excluding hydrogens is 364 g/mol. The van der Waals surface area contributed by atoms with Crippen LogP contribution in [0.5, 0.6) is 0 Å². The van der Waals surface area contributed by atoms with E-state index in [1.165, 1.54) is 6.20 Å². The number of likely N-dealkylation sites (tertiary alicyclic amines) is 1. The van der Waals surface area contributed by atoms with Gasteiger partial charge in [-0.15, -0.1) is 0 Å². The third-order valence-corrected chi connectivity index (χ3v) is 6.29. The zero-order valence-corrected chi connectivity index (χ0v) is 15.4. The maximum absolute atomic E-state index is 13.1. The number of H-pyrrole nitrogens is 1. The molecule has 2 N–H and O–H groups in total. The normalized spacial score (nSPS) is 16.1. The summed E-state index contributed by atoms with van der Waals surface area (Å²) in [7, 11) is -3.81. The Bertz CT molecular complexity index is 1060. The lowest BCUT2D eigenvalue weighted by atomic mass is 10.1. The predicted octanol–water partition coefficient (Wildman–Crippen LogP) is 2.20. The highest BCUT2D eigenvalue weighted by atomic mass is 32.2. The van der Waals surface area contributed by atoms with E-state index >= 15 is 0 Å². The van der Waals surface area contributed by atoms with E-state index in [2.05, 4.69) is 14.7 Å². The summed E-state index contributed by atoms with van der Waals surface area (Å²) in [5.41, 5.74) is 1.34. The van der Waals surface area contributed by atoms with Crippen LogP contribution in [-0.4, -0.2) is 42.3 Å². The highest BCUT2D eigenvalue weighted by Crippen LogP contribution is 2.25. The highest BCUT2D eigenvalue weighted by Gasteiger charge is 2.29. The van der Waals surface area contributed by atoms with Gasteiger partial charge in [-0.2, -0.15) is 0 Å². The number of aromatic nitrogens is 2. The summed E-state index contributed by atoms with van der Waals surface area (Å²) in [6, 6.07) is 12.2. The number of fused-ring (bicyclic) bond motifs is 1. The molecule has 2 aromatic heterocycles. The quantitative estimate of drug-likeness (QED) is 0.681. The molecule has 8 heteroatoms. The van der Waals surface area contributed by atoms with Crippen LogP contribution in [0.15, 0.2) is 59.8 Å². The van der Waals surface area contributed by atoms with Crippen molar-refractivity contribution in [3.63, 3.8) is 0 Å². The Kier molecular flexibility index (Phi) is 4.67. The number of benzene rings is 1. The molecule has 1 atom stereocenters. The van der Waals surface area contributed by atoms with Gasteiger partial charge in [-0.3, -0.25) is 4.79 Å². The standard InChI is InChI=1S/C19H20N4O3S/c24-18-9-5-11-23(18)13-16(14-6-2-1-3-7-14)22-27(25,26)17-12-21-19-15(17)8-4-10-20-19/h1-4,6-8,10,12,16,22H,5,9,11,13H2,(H,20,21). The Labute approximate surface area is 157 Å². The van der Waals surface area contributed by atoms with E-state index in [-0.39, 0.29) is 10.8 Å². The lowest BCUT2D eigenvalue weighted by Crippen LogP contribution is -2.38. The van der Waals surface area contributed by atoms with Gasteiger partial charge in [-0.25, -0.2) is 18.1 Å². The van der Waals surface area contributed by atoms with Crippen molar-refractivity contribution in [2.45, 2.75) is 23.8 Å². The number of hydrogen-bond acceptors (Lipinski definition) is 4. The molecule has 27 heavy (non-hydrogen) atoms. The first-order valence-corrected chi connectivity index (χ1v) is 10.3. The molecule has 140 valence electrons. The molecule has 1 saturated heterocycles. The monoisotopic (exact) mass is 384 g/mol. The van der Waals surface area contributed by atoms with Crippen molar-refractivity contribution < 1.29 is 13.2 Å². The molecule has 3 aromatic rings. The summed E-state index contributed by atoms with van der Waals surface area (Å²) in [4.78, 5) is 21.0. The third kappa shape index (κ3) is 3.58. The number of nitrogens with zero attached hydrogens (tertiary/aromatic N) is 2. The zero-order chi connectivity index (χ0) is 18.9. The van der Waals surface area contributed by atoms with Crippen LogP contribution < -0.4 is 4.72 Å². The van der Waals surface area contributed by atoms with Crippen LogP contribution in [-0.2, 0) is 14.8 Å². The maximum Gasteiger partial charge on any atom is 0.243 e. The van der Waals surface area contributed by atoms with Crippen molar-refractivity contribution in [2.75, 3.05) is 13.1 Å². The van der Waals surface area contributed by atoms with Crippen molar-refractivity contribution in [3.05, 3.63) is 60.4 Å². The number of nitrogens with one attached hydrogen (secondary N) is 2. The molecule has 3 heterocycles. The first-order valence-electron chi connectivity index (χ1n) is 8.82. The lowest BCUT2D eigenvalue weighted by Gasteiger charge is -2.25. The number of carbonyl (C=O) groups is 1. The summed E-state index contributed by atoms with van der Waals surface area (Å²) in [5.74, 6) is 0.0615. The molecule has 7 nitrogen and oxygen atoms in total. The van der Waals surface area contributed by atoms with Crippen molar-refractivity contribution >= 4 is 27.0 Å². The van der Waals surface area contributed by atoms with Gasteiger partial charge in [0.25, 0.3) is 0 Å². The zero-order valence-electron chi connectivity index (χ0n) is 14.6. The predicted molar refractivity (Wildman–Crippen MR) is 101 cm³/mol. The molecule has 1 fully saturated rings. The second-order valence-corrected chi connectivity index (χ2v) is 8.26. The van der Waals surface area contributed by atoms with E-state index < -0.39 is 16.1 Å². The van der Waals surface area contributed by atoms with Crippen LogP contribution in [0.25, 0.3) is 11.0 Å². The van der Waals surface area contributed by atoms with Crippen molar-refractivity contribution in [1.29, 1.82) is 0 Å². The van der Waals surface area contributed by atoms with Gasteiger partial charge in [0.05, 0.1) is 6.04 Å². The van der Waals surface area contributed by atoms with Gasteiger partial charge in [0, 0.05) is 37.3 Å². The summed E-state index contributed by atoms with van der Waals surface area (Å²) >= 11 is 0.